The van der Waals surface area contributed by atoms with Crippen LogP contribution in [0.4, 0.5) is 11.4 Å². The molecule has 2 atom stereocenters. The quantitative estimate of drug-likeness (QED) is 0.775. The van der Waals surface area contributed by atoms with Crippen LogP contribution in [-0.2, 0) is 4.74 Å². The summed E-state index contributed by atoms with van der Waals surface area (Å²) in [4.78, 5) is 0. The van der Waals surface area contributed by atoms with Gasteiger partial charge in [0.25, 0.3) is 0 Å². The number of hydrogen-bond acceptors (Lipinski definition) is 4. The lowest BCUT2D eigenvalue weighted by atomic mass is 10.2. The van der Waals surface area contributed by atoms with Gasteiger partial charge >= 0.3 is 0 Å². The van der Waals surface area contributed by atoms with Crippen LogP contribution in [0.1, 0.15) is 32.6 Å². The molecule has 3 N–H and O–H groups in total. The highest BCUT2D eigenvalue weighted by atomic mass is 16.5. The van der Waals surface area contributed by atoms with Crippen molar-refractivity contribution in [1.29, 1.82) is 0 Å². The monoisotopic (exact) mass is 264 g/mol. The van der Waals surface area contributed by atoms with E-state index in [4.69, 9.17) is 15.2 Å². The minimum Gasteiger partial charge on any atom is -0.491 e. The van der Waals surface area contributed by atoms with Gasteiger partial charge in [-0.25, -0.2) is 0 Å². The van der Waals surface area contributed by atoms with E-state index in [1.807, 2.05) is 18.2 Å². The van der Waals surface area contributed by atoms with Crippen molar-refractivity contribution < 1.29 is 9.47 Å². The summed E-state index contributed by atoms with van der Waals surface area (Å²) >= 11 is 0. The van der Waals surface area contributed by atoms with E-state index >= 15 is 0 Å². The summed E-state index contributed by atoms with van der Waals surface area (Å²) < 4.78 is 11.0. The molecule has 0 saturated heterocycles. The van der Waals surface area contributed by atoms with Crippen molar-refractivity contribution in [3.63, 3.8) is 0 Å². The Labute approximate surface area is 115 Å². The van der Waals surface area contributed by atoms with Gasteiger partial charge in [-0.05, 0) is 37.8 Å². The molecule has 106 valence electrons. The van der Waals surface area contributed by atoms with Gasteiger partial charge < -0.3 is 20.5 Å². The minimum absolute atomic E-state index is 0.373. The van der Waals surface area contributed by atoms with E-state index in [2.05, 4.69) is 12.2 Å². The Bertz CT molecular complexity index is 409. The molecule has 0 radical (unpaired) electrons. The number of nitrogens with two attached hydrogens (primary N) is 1. The zero-order valence-electron chi connectivity index (χ0n) is 11.8. The number of benzene rings is 1. The molecule has 1 aromatic carbocycles. The Morgan fingerprint density at radius 3 is 2.89 bits per heavy atom. The molecule has 4 nitrogen and oxygen atoms in total. The normalized spacial score (nSPS) is 22.4. The summed E-state index contributed by atoms with van der Waals surface area (Å²) in [6.07, 6.45) is 4.63. The number of anilines is 2. The predicted octanol–water partition coefficient (Wildman–Crippen LogP) is 3.04. The standard InChI is InChI=1S/C15H24N2O2/c1-3-9-19-14-6-4-5-13(15(14)16)17-11-7-8-12(10-11)18-2/h4-6,11-12,17H,3,7-10,16H2,1-2H3. The molecule has 1 fully saturated rings. The van der Waals surface area contributed by atoms with Gasteiger partial charge in [-0.1, -0.05) is 13.0 Å². The van der Waals surface area contributed by atoms with E-state index in [0.29, 0.717) is 24.4 Å². The first-order chi connectivity index (χ1) is 9.24. The number of para-hydroxylation sites is 1. The number of methoxy groups -OCH3 is 1. The molecule has 1 aliphatic carbocycles. The molecule has 0 bridgehead atoms. The molecule has 0 heterocycles. The fourth-order valence-electron chi connectivity index (χ4n) is 2.51. The molecular formula is C15H24N2O2. The van der Waals surface area contributed by atoms with Crippen LogP contribution in [0.15, 0.2) is 18.2 Å². The highest BCUT2D eigenvalue weighted by molar-refractivity contribution is 5.73. The number of nitrogen functional groups attached to an aromatic ring is 1. The lowest BCUT2D eigenvalue weighted by Gasteiger charge is -2.18. The average Bonchev–Trinajstić information content (AvgIpc) is 2.87. The van der Waals surface area contributed by atoms with E-state index in [1.54, 1.807) is 7.11 Å². The zero-order valence-corrected chi connectivity index (χ0v) is 11.8. The van der Waals surface area contributed by atoms with E-state index < -0.39 is 0 Å². The molecule has 1 aromatic rings. The SMILES string of the molecule is CCCOc1cccc(NC2CCC(OC)C2)c1N. The molecule has 4 heteroatoms. The molecule has 0 amide bonds. The van der Waals surface area contributed by atoms with Crippen molar-refractivity contribution in [2.75, 3.05) is 24.8 Å². The van der Waals surface area contributed by atoms with Crippen molar-refractivity contribution in [1.82, 2.24) is 0 Å². The molecule has 0 spiro atoms. The van der Waals surface area contributed by atoms with Crippen molar-refractivity contribution in [3.8, 4) is 5.75 Å². The number of hydrogen-bond donors (Lipinski definition) is 2. The first-order valence-corrected chi connectivity index (χ1v) is 7.05. The van der Waals surface area contributed by atoms with E-state index in [9.17, 15) is 0 Å². The highest BCUT2D eigenvalue weighted by Crippen LogP contribution is 2.32. The van der Waals surface area contributed by atoms with E-state index in [-0.39, 0.29) is 0 Å². The lowest BCUT2D eigenvalue weighted by molar-refractivity contribution is 0.108. The third-order valence-corrected chi connectivity index (χ3v) is 3.61. The zero-order chi connectivity index (χ0) is 13.7. The molecule has 19 heavy (non-hydrogen) atoms. The predicted molar refractivity (Wildman–Crippen MR) is 78.7 cm³/mol. The van der Waals surface area contributed by atoms with Gasteiger partial charge in [0, 0.05) is 13.2 Å². The summed E-state index contributed by atoms with van der Waals surface area (Å²) in [6.45, 7) is 2.78. The van der Waals surface area contributed by atoms with E-state index in [1.165, 1.54) is 0 Å². The first-order valence-electron chi connectivity index (χ1n) is 7.05. The minimum atomic E-state index is 0.373. The third-order valence-electron chi connectivity index (χ3n) is 3.61. The number of ether oxygens (including phenoxy) is 2. The highest BCUT2D eigenvalue weighted by Gasteiger charge is 2.24. The van der Waals surface area contributed by atoms with Gasteiger partial charge in [0.1, 0.15) is 5.75 Å². The lowest BCUT2D eigenvalue weighted by Crippen LogP contribution is -2.18. The third kappa shape index (κ3) is 3.53. The van der Waals surface area contributed by atoms with Gasteiger partial charge in [-0.2, -0.15) is 0 Å². The van der Waals surface area contributed by atoms with Crippen LogP contribution >= 0.6 is 0 Å². The Hall–Kier alpha value is -1.42. The first kappa shape index (κ1) is 14.0. The van der Waals surface area contributed by atoms with Crippen LogP contribution in [0.3, 0.4) is 0 Å². The maximum Gasteiger partial charge on any atom is 0.144 e. The van der Waals surface area contributed by atoms with Gasteiger partial charge in [0.2, 0.25) is 0 Å². The summed E-state index contributed by atoms with van der Waals surface area (Å²) in [5.74, 6) is 0.771. The topological polar surface area (TPSA) is 56.5 Å². The summed E-state index contributed by atoms with van der Waals surface area (Å²) in [7, 11) is 1.78. The molecule has 0 aromatic heterocycles. The molecule has 1 saturated carbocycles. The second-order valence-corrected chi connectivity index (χ2v) is 5.08. The van der Waals surface area contributed by atoms with Crippen LogP contribution < -0.4 is 15.8 Å². The Kier molecular flexibility index (Phi) is 4.91. The second kappa shape index (κ2) is 6.66. The van der Waals surface area contributed by atoms with Gasteiger partial charge in [0.05, 0.1) is 24.1 Å². The fourth-order valence-corrected chi connectivity index (χ4v) is 2.51. The van der Waals surface area contributed by atoms with Crippen LogP contribution in [0.25, 0.3) is 0 Å². The maximum atomic E-state index is 6.15. The number of rotatable bonds is 6. The largest absolute Gasteiger partial charge is 0.491 e. The molecular weight excluding hydrogens is 240 g/mol. The van der Waals surface area contributed by atoms with Crippen LogP contribution in [-0.4, -0.2) is 25.9 Å². The van der Waals surface area contributed by atoms with Crippen LogP contribution in [0.5, 0.6) is 5.75 Å². The van der Waals surface area contributed by atoms with Gasteiger partial charge in [-0.3, -0.25) is 0 Å². The second-order valence-electron chi connectivity index (χ2n) is 5.08. The van der Waals surface area contributed by atoms with Crippen molar-refractivity contribution in [2.45, 2.75) is 44.8 Å². The maximum absolute atomic E-state index is 6.15. The summed E-state index contributed by atoms with van der Waals surface area (Å²) in [5.41, 5.74) is 7.82. The number of nitrogens with one attached hydrogen (secondary N) is 1. The summed E-state index contributed by atoms with van der Waals surface area (Å²) in [6, 6.07) is 6.34. The smallest absolute Gasteiger partial charge is 0.144 e. The Morgan fingerprint density at radius 1 is 1.37 bits per heavy atom. The molecule has 0 aliphatic heterocycles. The molecule has 2 unspecified atom stereocenters. The van der Waals surface area contributed by atoms with Crippen molar-refractivity contribution >= 4 is 11.4 Å². The average molecular weight is 264 g/mol. The van der Waals surface area contributed by atoms with Gasteiger partial charge in [0.15, 0.2) is 0 Å². The summed E-state index contributed by atoms with van der Waals surface area (Å²) in [5, 5.41) is 3.51. The van der Waals surface area contributed by atoms with Crippen LogP contribution in [0, 0.1) is 0 Å². The van der Waals surface area contributed by atoms with Crippen molar-refractivity contribution in [3.05, 3.63) is 18.2 Å². The Morgan fingerprint density at radius 2 is 2.21 bits per heavy atom. The molecule has 2 rings (SSSR count). The van der Waals surface area contributed by atoms with E-state index in [0.717, 1.165) is 37.1 Å². The van der Waals surface area contributed by atoms with Crippen LogP contribution in [0.2, 0.25) is 0 Å². The fraction of sp³-hybridized carbons (Fsp3) is 0.600. The molecule has 1 aliphatic rings. The van der Waals surface area contributed by atoms with Crippen molar-refractivity contribution in [2.24, 2.45) is 0 Å². The van der Waals surface area contributed by atoms with Gasteiger partial charge in [-0.15, -0.1) is 0 Å². The Balaban J connectivity index is 2.00.